The van der Waals surface area contributed by atoms with Crippen molar-refractivity contribution in [3.05, 3.63) is 34.8 Å². The van der Waals surface area contributed by atoms with E-state index in [2.05, 4.69) is 29.4 Å². The number of hydrogen-bond acceptors (Lipinski definition) is 5. The third kappa shape index (κ3) is 3.82. The van der Waals surface area contributed by atoms with Crippen LogP contribution in [0.5, 0.6) is 5.75 Å². The van der Waals surface area contributed by atoms with Gasteiger partial charge in [0.05, 0.1) is 12.2 Å². The van der Waals surface area contributed by atoms with Gasteiger partial charge in [-0.05, 0) is 31.9 Å². The first kappa shape index (κ1) is 16.4. The van der Waals surface area contributed by atoms with Gasteiger partial charge < -0.3 is 4.74 Å². The monoisotopic (exact) mass is 319 g/mol. The smallest absolute Gasteiger partial charge is 0.261 e. The number of nitrogens with zero attached hydrogens (tertiary/aromatic N) is 2. The van der Waals surface area contributed by atoms with Crippen LogP contribution in [0, 0.1) is 0 Å². The van der Waals surface area contributed by atoms with Gasteiger partial charge in [-0.15, -0.1) is 10.2 Å². The van der Waals surface area contributed by atoms with Gasteiger partial charge in [0, 0.05) is 5.92 Å². The summed E-state index contributed by atoms with van der Waals surface area (Å²) in [6.45, 7) is 6.67. The molecule has 0 aliphatic carbocycles. The summed E-state index contributed by atoms with van der Waals surface area (Å²) in [4.78, 5) is 12.4. The highest BCUT2D eigenvalue weighted by Crippen LogP contribution is 2.28. The number of anilines is 1. The Bertz CT molecular complexity index is 623. The molecule has 0 aliphatic heterocycles. The molecule has 2 aromatic rings. The predicted molar refractivity (Wildman–Crippen MR) is 88.8 cm³/mol. The standard InChI is InChI=1S/C16H21N3O2S/c1-4-11(5-2)15-18-19-16(22-15)17-14(20)12-9-7-8-10-13(12)21-6-3/h7-11H,4-6H2,1-3H3,(H,17,19,20). The van der Waals surface area contributed by atoms with Crippen molar-refractivity contribution in [2.45, 2.75) is 39.5 Å². The van der Waals surface area contributed by atoms with E-state index in [9.17, 15) is 4.79 Å². The normalized spacial score (nSPS) is 10.7. The Balaban J connectivity index is 2.12. The van der Waals surface area contributed by atoms with Gasteiger partial charge in [-0.2, -0.15) is 0 Å². The van der Waals surface area contributed by atoms with Crippen LogP contribution in [0.25, 0.3) is 0 Å². The first-order chi connectivity index (χ1) is 10.7. The third-order valence-corrected chi connectivity index (χ3v) is 4.43. The number of para-hydroxylation sites is 1. The molecule has 5 nitrogen and oxygen atoms in total. The van der Waals surface area contributed by atoms with Crippen molar-refractivity contribution < 1.29 is 9.53 Å². The number of benzene rings is 1. The van der Waals surface area contributed by atoms with Crippen molar-refractivity contribution in [1.29, 1.82) is 0 Å². The second kappa shape index (κ2) is 7.89. The Labute approximate surface area is 134 Å². The summed E-state index contributed by atoms with van der Waals surface area (Å²) in [5.41, 5.74) is 0.503. The molecule has 1 amide bonds. The first-order valence-electron chi connectivity index (χ1n) is 7.56. The molecular formula is C16H21N3O2S. The fourth-order valence-electron chi connectivity index (χ4n) is 2.19. The molecule has 0 spiro atoms. The van der Waals surface area contributed by atoms with Crippen LogP contribution in [0.2, 0.25) is 0 Å². The molecule has 0 fully saturated rings. The molecule has 0 bridgehead atoms. The van der Waals surface area contributed by atoms with E-state index in [1.165, 1.54) is 11.3 Å². The zero-order chi connectivity index (χ0) is 15.9. The zero-order valence-corrected chi connectivity index (χ0v) is 13.9. The Kier molecular flexibility index (Phi) is 5.89. The molecule has 118 valence electrons. The number of aromatic nitrogens is 2. The minimum absolute atomic E-state index is 0.226. The van der Waals surface area contributed by atoms with E-state index in [4.69, 9.17) is 4.74 Å². The average molecular weight is 319 g/mol. The topological polar surface area (TPSA) is 64.1 Å². The second-order valence-electron chi connectivity index (χ2n) is 4.84. The molecule has 0 atom stereocenters. The number of hydrogen-bond donors (Lipinski definition) is 1. The lowest BCUT2D eigenvalue weighted by atomic mass is 10.1. The van der Waals surface area contributed by atoms with E-state index in [1.807, 2.05) is 19.1 Å². The fourth-order valence-corrected chi connectivity index (χ4v) is 3.19. The Morgan fingerprint density at radius 1 is 1.23 bits per heavy atom. The molecule has 1 aromatic heterocycles. The lowest BCUT2D eigenvalue weighted by Gasteiger charge is -2.08. The highest BCUT2D eigenvalue weighted by atomic mass is 32.1. The summed E-state index contributed by atoms with van der Waals surface area (Å²) in [6.07, 6.45) is 2.04. The van der Waals surface area contributed by atoms with Crippen molar-refractivity contribution in [3.8, 4) is 5.75 Å². The van der Waals surface area contributed by atoms with Crippen LogP contribution in [0.15, 0.2) is 24.3 Å². The summed E-state index contributed by atoms with van der Waals surface area (Å²) in [5.74, 6) is 0.752. The summed E-state index contributed by atoms with van der Waals surface area (Å²) < 4.78 is 5.48. The van der Waals surface area contributed by atoms with E-state index < -0.39 is 0 Å². The van der Waals surface area contributed by atoms with Crippen molar-refractivity contribution in [2.24, 2.45) is 0 Å². The molecule has 1 heterocycles. The van der Waals surface area contributed by atoms with Crippen LogP contribution in [0.1, 0.15) is 54.9 Å². The molecule has 0 aliphatic rings. The molecule has 0 unspecified atom stereocenters. The van der Waals surface area contributed by atoms with Crippen LogP contribution in [-0.4, -0.2) is 22.7 Å². The van der Waals surface area contributed by atoms with Crippen molar-refractivity contribution in [1.82, 2.24) is 10.2 Å². The highest BCUT2D eigenvalue weighted by Gasteiger charge is 2.17. The maximum absolute atomic E-state index is 12.4. The van der Waals surface area contributed by atoms with E-state index >= 15 is 0 Å². The second-order valence-corrected chi connectivity index (χ2v) is 5.85. The average Bonchev–Trinajstić information content (AvgIpc) is 2.97. The number of carbonyl (C=O) groups is 1. The Morgan fingerprint density at radius 3 is 2.64 bits per heavy atom. The molecule has 0 saturated heterocycles. The molecule has 22 heavy (non-hydrogen) atoms. The lowest BCUT2D eigenvalue weighted by Crippen LogP contribution is -2.13. The van der Waals surface area contributed by atoms with Crippen molar-refractivity contribution in [2.75, 3.05) is 11.9 Å². The van der Waals surface area contributed by atoms with Crippen LogP contribution < -0.4 is 10.1 Å². The molecule has 6 heteroatoms. The minimum Gasteiger partial charge on any atom is -0.493 e. The van der Waals surface area contributed by atoms with Gasteiger partial charge in [0.25, 0.3) is 5.91 Å². The molecule has 2 rings (SSSR count). The van der Waals surface area contributed by atoms with Crippen molar-refractivity contribution >= 4 is 22.4 Å². The minimum atomic E-state index is -0.226. The summed E-state index contributed by atoms with van der Waals surface area (Å²) >= 11 is 1.44. The summed E-state index contributed by atoms with van der Waals surface area (Å²) in [5, 5.41) is 12.6. The molecule has 1 aromatic carbocycles. The van der Waals surface area contributed by atoms with Crippen LogP contribution in [-0.2, 0) is 0 Å². The fraction of sp³-hybridized carbons (Fsp3) is 0.438. The maximum Gasteiger partial charge on any atom is 0.261 e. The molecule has 0 radical (unpaired) electrons. The van der Waals surface area contributed by atoms with Crippen LogP contribution in [0.4, 0.5) is 5.13 Å². The van der Waals surface area contributed by atoms with Gasteiger partial charge >= 0.3 is 0 Å². The number of amides is 1. The largest absolute Gasteiger partial charge is 0.493 e. The van der Waals surface area contributed by atoms with E-state index in [0.29, 0.717) is 29.0 Å². The molecule has 1 N–H and O–H groups in total. The van der Waals surface area contributed by atoms with E-state index in [1.54, 1.807) is 12.1 Å². The van der Waals surface area contributed by atoms with Gasteiger partial charge in [-0.25, -0.2) is 0 Å². The SMILES string of the molecule is CCOc1ccccc1C(=O)Nc1nnc(C(CC)CC)s1. The van der Waals surface area contributed by atoms with E-state index in [0.717, 1.165) is 17.8 Å². The highest BCUT2D eigenvalue weighted by molar-refractivity contribution is 7.15. The van der Waals surface area contributed by atoms with Crippen LogP contribution >= 0.6 is 11.3 Å². The number of rotatable bonds is 7. The lowest BCUT2D eigenvalue weighted by molar-refractivity contribution is 0.102. The summed E-state index contributed by atoms with van der Waals surface area (Å²) in [7, 11) is 0. The van der Waals surface area contributed by atoms with Crippen molar-refractivity contribution in [3.63, 3.8) is 0 Å². The number of ether oxygens (including phenoxy) is 1. The maximum atomic E-state index is 12.4. The van der Waals surface area contributed by atoms with Gasteiger partial charge in [-0.3, -0.25) is 10.1 Å². The van der Waals surface area contributed by atoms with E-state index in [-0.39, 0.29) is 5.91 Å². The predicted octanol–water partition coefficient (Wildman–Crippen LogP) is 4.09. The molecular weight excluding hydrogens is 298 g/mol. The first-order valence-corrected chi connectivity index (χ1v) is 8.37. The zero-order valence-electron chi connectivity index (χ0n) is 13.1. The Hall–Kier alpha value is -1.95. The quantitative estimate of drug-likeness (QED) is 0.834. The van der Waals surface area contributed by atoms with Gasteiger partial charge in [0.2, 0.25) is 5.13 Å². The number of nitrogens with one attached hydrogen (secondary N) is 1. The summed E-state index contributed by atoms with van der Waals surface area (Å²) in [6, 6.07) is 7.18. The van der Waals surface area contributed by atoms with Gasteiger partial charge in [0.1, 0.15) is 10.8 Å². The van der Waals surface area contributed by atoms with Gasteiger partial charge in [0.15, 0.2) is 0 Å². The number of carbonyl (C=O) groups excluding carboxylic acids is 1. The molecule has 0 saturated carbocycles. The van der Waals surface area contributed by atoms with Gasteiger partial charge in [-0.1, -0.05) is 37.3 Å². The van der Waals surface area contributed by atoms with Crippen LogP contribution in [0.3, 0.4) is 0 Å². The third-order valence-electron chi connectivity index (χ3n) is 3.43. The Morgan fingerprint density at radius 2 is 1.95 bits per heavy atom.